The Bertz CT molecular complexity index is 214. The molecule has 1 amide bonds. The molecular formula is C14H29NO2. The first kappa shape index (κ1) is 16.4. The summed E-state index contributed by atoms with van der Waals surface area (Å²) in [6.07, 6.45) is 3.88. The van der Waals surface area contributed by atoms with Crippen LogP contribution in [0, 0.1) is 5.41 Å². The minimum absolute atomic E-state index is 0.116. The molecule has 0 unspecified atom stereocenters. The molecule has 0 aromatic heterocycles. The molecule has 0 aromatic carbocycles. The van der Waals surface area contributed by atoms with E-state index in [2.05, 4.69) is 27.7 Å². The van der Waals surface area contributed by atoms with Crippen LogP contribution in [0.1, 0.15) is 53.4 Å². The Balaban J connectivity index is 4.29. The Morgan fingerprint density at radius 3 is 2.29 bits per heavy atom. The van der Waals surface area contributed by atoms with Crippen molar-refractivity contribution >= 4 is 5.91 Å². The van der Waals surface area contributed by atoms with Gasteiger partial charge in [-0.2, -0.15) is 0 Å². The van der Waals surface area contributed by atoms with E-state index in [9.17, 15) is 4.79 Å². The minimum Gasteiger partial charge on any atom is -0.383 e. The minimum atomic E-state index is 0.116. The average molecular weight is 243 g/mol. The molecule has 0 atom stereocenters. The molecule has 0 bridgehead atoms. The second-order valence-corrected chi connectivity index (χ2v) is 5.46. The van der Waals surface area contributed by atoms with Gasteiger partial charge >= 0.3 is 0 Å². The quantitative estimate of drug-likeness (QED) is 0.623. The second kappa shape index (κ2) is 8.51. The number of amides is 1. The zero-order valence-electron chi connectivity index (χ0n) is 12.2. The van der Waals surface area contributed by atoms with Gasteiger partial charge in [-0.1, -0.05) is 34.1 Å². The molecule has 102 valence electrons. The number of hydrogen-bond acceptors (Lipinski definition) is 2. The van der Waals surface area contributed by atoms with Gasteiger partial charge in [0.15, 0.2) is 0 Å². The van der Waals surface area contributed by atoms with Gasteiger partial charge in [-0.05, 0) is 18.3 Å². The van der Waals surface area contributed by atoms with E-state index in [1.165, 1.54) is 0 Å². The smallest absolute Gasteiger partial charge is 0.223 e. The molecule has 0 aliphatic rings. The van der Waals surface area contributed by atoms with Crippen LogP contribution in [0.4, 0.5) is 0 Å². The van der Waals surface area contributed by atoms with Gasteiger partial charge in [0.1, 0.15) is 0 Å². The van der Waals surface area contributed by atoms with E-state index in [0.29, 0.717) is 19.6 Å². The predicted octanol–water partition coefficient (Wildman–Crippen LogP) is 3.09. The third-order valence-electron chi connectivity index (χ3n) is 2.97. The molecule has 0 rings (SSSR count). The Morgan fingerprint density at radius 2 is 1.82 bits per heavy atom. The zero-order valence-corrected chi connectivity index (χ0v) is 12.2. The Morgan fingerprint density at radius 1 is 1.18 bits per heavy atom. The fraction of sp³-hybridized carbons (Fsp3) is 0.929. The van der Waals surface area contributed by atoms with Crippen LogP contribution in [-0.2, 0) is 9.53 Å². The highest BCUT2D eigenvalue weighted by Gasteiger charge is 2.23. The number of methoxy groups -OCH3 is 1. The molecule has 0 fully saturated rings. The summed E-state index contributed by atoms with van der Waals surface area (Å²) in [6.45, 7) is 10.8. The van der Waals surface area contributed by atoms with Gasteiger partial charge in [0.25, 0.3) is 0 Å². The molecule has 0 N–H and O–H groups in total. The third-order valence-corrected chi connectivity index (χ3v) is 2.97. The van der Waals surface area contributed by atoms with E-state index in [1.807, 2.05) is 4.90 Å². The van der Waals surface area contributed by atoms with E-state index in [1.54, 1.807) is 7.11 Å². The zero-order chi connectivity index (χ0) is 13.3. The van der Waals surface area contributed by atoms with Crippen LogP contribution in [0.15, 0.2) is 0 Å². The highest BCUT2D eigenvalue weighted by molar-refractivity contribution is 5.76. The van der Waals surface area contributed by atoms with Crippen LogP contribution in [0.2, 0.25) is 0 Å². The van der Waals surface area contributed by atoms with E-state index in [-0.39, 0.29) is 11.3 Å². The number of hydrogen-bond donors (Lipinski definition) is 0. The number of rotatable bonds is 9. The molecule has 0 saturated heterocycles. The normalized spacial score (nSPS) is 11.6. The number of nitrogens with zero attached hydrogens (tertiary/aromatic N) is 1. The molecule has 0 saturated carbocycles. The Hall–Kier alpha value is -0.570. The van der Waals surface area contributed by atoms with Crippen LogP contribution in [0.3, 0.4) is 0 Å². The fourth-order valence-corrected chi connectivity index (χ4v) is 2.12. The topological polar surface area (TPSA) is 29.5 Å². The highest BCUT2D eigenvalue weighted by Crippen LogP contribution is 2.27. The number of ether oxygens (including phenoxy) is 1. The maximum Gasteiger partial charge on any atom is 0.223 e. The Kier molecular flexibility index (Phi) is 8.23. The maximum absolute atomic E-state index is 12.2. The summed E-state index contributed by atoms with van der Waals surface area (Å²) >= 11 is 0. The fourth-order valence-electron chi connectivity index (χ4n) is 2.12. The van der Waals surface area contributed by atoms with Crippen molar-refractivity contribution < 1.29 is 9.53 Å². The SMILES string of the molecule is CCCN(CCOC)C(=O)CC(C)(C)CCC. The largest absolute Gasteiger partial charge is 0.383 e. The van der Waals surface area contributed by atoms with Crippen molar-refractivity contribution in [3.05, 3.63) is 0 Å². The van der Waals surface area contributed by atoms with E-state index in [4.69, 9.17) is 4.74 Å². The summed E-state index contributed by atoms with van der Waals surface area (Å²) in [5, 5.41) is 0. The third kappa shape index (κ3) is 7.37. The first-order valence-corrected chi connectivity index (χ1v) is 6.73. The summed E-state index contributed by atoms with van der Waals surface area (Å²) < 4.78 is 5.05. The summed E-state index contributed by atoms with van der Waals surface area (Å²) in [6, 6.07) is 0. The predicted molar refractivity (Wildman–Crippen MR) is 72.1 cm³/mol. The van der Waals surface area contributed by atoms with Crippen LogP contribution in [-0.4, -0.2) is 37.6 Å². The van der Waals surface area contributed by atoms with E-state index >= 15 is 0 Å². The number of carbonyl (C=O) groups excluding carboxylic acids is 1. The lowest BCUT2D eigenvalue weighted by atomic mass is 9.84. The van der Waals surface area contributed by atoms with Gasteiger partial charge in [0.05, 0.1) is 6.61 Å². The highest BCUT2D eigenvalue weighted by atomic mass is 16.5. The first-order valence-electron chi connectivity index (χ1n) is 6.73. The summed E-state index contributed by atoms with van der Waals surface area (Å²) in [7, 11) is 1.68. The first-order chi connectivity index (χ1) is 7.96. The number of carbonyl (C=O) groups is 1. The van der Waals surface area contributed by atoms with Gasteiger partial charge in [-0.25, -0.2) is 0 Å². The molecule has 3 nitrogen and oxygen atoms in total. The average Bonchev–Trinajstić information content (AvgIpc) is 2.23. The molecule has 0 radical (unpaired) electrons. The molecule has 0 aromatic rings. The van der Waals surface area contributed by atoms with Crippen molar-refractivity contribution in [2.24, 2.45) is 5.41 Å². The van der Waals surface area contributed by atoms with Gasteiger partial charge < -0.3 is 9.64 Å². The van der Waals surface area contributed by atoms with E-state index in [0.717, 1.165) is 25.8 Å². The van der Waals surface area contributed by atoms with Gasteiger partial charge in [-0.3, -0.25) is 4.79 Å². The maximum atomic E-state index is 12.2. The van der Waals surface area contributed by atoms with Crippen molar-refractivity contribution in [3.8, 4) is 0 Å². The second-order valence-electron chi connectivity index (χ2n) is 5.46. The Labute approximate surface area is 107 Å². The lowest BCUT2D eigenvalue weighted by Crippen LogP contribution is -2.37. The van der Waals surface area contributed by atoms with Gasteiger partial charge in [0.2, 0.25) is 5.91 Å². The lowest BCUT2D eigenvalue weighted by molar-refractivity contribution is -0.134. The molecule has 0 heterocycles. The summed E-state index contributed by atoms with van der Waals surface area (Å²) in [5.41, 5.74) is 0.116. The van der Waals surface area contributed by atoms with Crippen LogP contribution >= 0.6 is 0 Å². The van der Waals surface area contributed by atoms with Crippen LogP contribution in [0.5, 0.6) is 0 Å². The molecule has 0 aliphatic carbocycles. The summed E-state index contributed by atoms with van der Waals surface area (Å²) in [4.78, 5) is 14.1. The van der Waals surface area contributed by atoms with Crippen molar-refractivity contribution in [1.82, 2.24) is 4.90 Å². The molecular weight excluding hydrogens is 214 g/mol. The van der Waals surface area contributed by atoms with Crippen LogP contribution < -0.4 is 0 Å². The molecule has 0 aliphatic heterocycles. The summed E-state index contributed by atoms with van der Waals surface area (Å²) in [5.74, 6) is 0.266. The van der Waals surface area contributed by atoms with Crippen molar-refractivity contribution in [3.63, 3.8) is 0 Å². The van der Waals surface area contributed by atoms with Crippen molar-refractivity contribution in [1.29, 1.82) is 0 Å². The van der Waals surface area contributed by atoms with Gasteiger partial charge in [-0.15, -0.1) is 0 Å². The van der Waals surface area contributed by atoms with Crippen molar-refractivity contribution in [2.45, 2.75) is 53.4 Å². The monoisotopic (exact) mass is 243 g/mol. The molecule has 17 heavy (non-hydrogen) atoms. The van der Waals surface area contributed by atoms with Crippen molar-refractivity contribution in [2.75, 3.05) is 26.8 Å². The standard InChI is InChI=1S/C14H29NO2/c1-6-8-14(3,4)12-13(16)15(9-7-2)10-11-17-5/h6-12H2,1-5H3. The van der Waals surface area contributed by atoms with Crippen LogP contribution in [0.25, 0.3) is 0 Å². The van der Waals surface area contributed by atoms with E-state index < -0.39 is 0 Å². The molecule has 0 spiro atoms. The van der Waals surface area contributed by atoms with Gasteiger partial charge in [0, 0.05) is 26.6 Å². The molecule has 3 heteroatoms. The lowest BCUT2D eigenvalue weighted by Gasteiger charge is -2.28.